The molecule has 0 bridgehead atoms. The molecule has 0 aliphatic carbocycles. The van der Waals surface area contributed by atoms with E-state index in [-0.39, 0.29) is 17.5 Å². The maximum Gasteiger partial charge on any atom is 0.291 e. The van der Waals surface area contributed by atoms with Crippen LogP contribution in [0.3, 0.4) is 0 Å². The summed E-state index contributed by atoms with van der Waals surface area (Å²) in [5.74, 6) is 0.840. The summed E-state index contributed by atoms with van der Waals surface area (Å²) in [5, 5.41) is 0. The zero-order chi connectivity index (χ0) is 15.6. The van der Waals surface area contributed by atoms with Crippen LogP contribution < -0.4 is 10.2 Å². The van der Waals surface area contributed by atoms with Crippen molar-refractivity contribution in [3.05, 3.63) is 48.4 Å². The highest BCUT2D eigenvalue weighted by molar-refractivity contribution is 14.1. The molecular weight excluding hydrogens is 383 g/mol. The minimum atomic E-state index is -0.222. The molecule has 0 unspecified atom stereocenters. The Labute approximate surface area is 138 Å². The van der Waals surface area contributed by atoms with Crippen LogP contribution in [0.1, 0.15) is 36.3 Å². The molecule has 4 nitrogen and oxygen atoms in total. The van der Waals surface area contributed by atoms with Gasteiger partial charge in [0.05, 0.1) is 19.3 Å². The van der Waals surface area contributed by atoms with Crippen LogP contribution in [0.4, 0.5) is 0 Å². The zero-order valence-electron chi connectivity index (χ0n) is 12.7. The highest BCUT2D eigenvalue weighted by atomic mass is 127. The van der Waals surface area contributed by atoms with Crippen LogP contribution in [0.5, 0.6) is 5.95 Å². The Balaban J connectivity index is 2.35. The van der Waals surface area contributed by atoms with Crippen molar-refractivity contribution in [3.63, 3.8) is 0 Å². The van der Waals surface area contributed by atoms with Crippen molar-refractivity contribution in [1.82, 2.24) is 0 Å². The van der Waals surface area contributed by atoms with Gasteiger partial charge in [-0.15, -0.1) is 0 Å². The van der Waals surface area contributed by atoms with Gasteiger partial charge in [0.15, 0.2) is 5.43 Å². The molecule has 1 aromatic rings. The lowest BCUT2D eigenvalue weighted by atomic mass is 10.0. The molecule has 0 amide bonds. The Hall–Kier alpha value is -1.08. The van der Waals surface area contributed by atoms with Gasteiger partial charge < -0.3 is 13.9 Å². The zero-order valence-corrected chi connectivity index (χ0v) is 14.8. The van der Waals surface area contributed by atoms with E-state index in [1.807, 2.05) is 11.0 Å². The summed E-state index contributed by atoms with van der Waals surface area (Å²) in [6, 6.07) is 0. The molecule has 2 heterocycles. The van der Waals surface area contributed by atoms with Crippen LogP contribution in [0.2, 0.25) is 0 Å². The molecule has 21 heavy (non-hydrogen) atoms. The summed E-state index contributed by atoms with van der Waals surface area (Å²) < 4.78 is 18.7. The predicted octanol–water partition coefficient (Wildman–Crippen LogP) is 3.99. The second-order valence-corrected chi connectivity index (χ2v) is 5.82. The second-order valence-electron chi connectivity index (χ2n) is 5.20. The van der Waals surface area contributed by atoms with Crippen molar-refractivity contribution in [3.8, 4) is 5.95 Å². The molecule has 1 aromatic heterocycles. The standard InChI is InChI=1S/C16H19IO4/c1-9(7-17)5-12-6-13(20-8-12)15-10(2)14(18)11(3)16(19-4)21-15/h5,7,13H,6,8H2,1-4H3/b9-7-,12-5-/t13-/m1/s1. The predicted molar refractivity (Wildman–Crippen MR) is 90.2 cm³/mol. The number of halogens is 1. The number of hydrogen-bond donors (Lipinski definition) is 0. The van der Waals surface area contributed by atoms with Crippen LogP contribution in [-0.2, 0) is 4.74 Å². The third-order valence-electron chi connectivity index (χ3n) is 3.56. The molecule has 5 heteroatoms. The first-order valence-corrected chi connectivity index (χ1v) is 7.98. The minimum Gasteiger partial charge on any atom is -0.468 e. The fourth-order valence-electron chi connectivity index (χ4n) is 2.43. The number of allylic oxidation sites excluding steroid dienone is 2. The SMILES string of the molecule is COc1oc([C@H]2C/C(=C/C(C)=C\I)CO2)c(C)c(=O)c1C. The van der Waals surface area contributed by atoms with Crippen LogP contribution in [0, 0.1) is 13.8 Å². The second kappa shape index (κ2) is 6.79. The summed E-state index contributed by atoms with van der Waals surface area (Å²) in [6.45, 7) is 6.09. The number of rotatable bonds is 3. The fourth-order valence-corrected chi connectivity index (χ4v) is 2.61. The minimum absolute atomic E-state index is 0.0440. The van der Waals surface area contributed by atoms with E-state index in [1.165, 1.54) is 18.3 Å². The average molecular weight is 402 g/mol. The van der Waals surface area contributed by atoms with Crippen LogP contribution in [-0.4, -0.2) is 13.7 Å². The summed E-state index contributed by atoms with van der Waals surface area (Å²) >= 11 is 2.22. The Kier molecular flexibility index (Phi) is 5.27. The van der Waals surface area contributed by atoms with E-state index in [2.05, 4.69) is 28.7 Å². The quantitative estimate of drug-likeness (QED) is 0.718. The molecule has 0 N–H and O–H groups in total. The van der Waals surface area contributed by atoms with E-state index in [9.17, 15) is 4.79 Å². The molecule has 0 aromatic carbocycles. The van der Waals surface area contributed by atoms with E-state index in [0.717, 1.165) is 6.42 Å². The van der Waals surface area contributed by atoms with E-state index in [1.54, 1.807) is 13.8 Å². The Morgan fingerprint density at radius 1 is 1.38 bits per heavy atom. The lowest BCUT2D eigenvalue weighted by Gasteiger charge is -2.13. The molecular formula is C16H19IO4. The maximum atomic E-state index is 12.2. The van der Waals surface area contributed by atoms with Gasteiger partial charge in [0.25, 0.3) is 5.95 Å². The van der Waals surface area contributed by atoms with Gasteiger partial charge in [-0.25, -0.2) is 0 Å². The first kappa shape index (κ1) is 16.3. The normalized spacial score (nSPS) is 21.1. The van der Waals surface area contributed by atoms with Gasteiger partial charge in [-0.2, -0.15) is 0 Å². The maximum absolute atomic E-state index is 12.2. The molecule has 1 saturated heterocycles. The molecule has 1 fully saturated rings. The first-order chi connectivity index (χ1) is 9.97. The molecule has 1 atom stereocenters. The van der Waals surface area contributed by atoms with Gasteiger partial charge in [0, 0.05) is 12.0 Å². The highest BCUT2D eigenvalue weighted by Crippen LogP contribution is 2.35. The summed E-state index contributed by atoms with van der Waals surface area (Å²) in [4.78, 5) is 12.2. The molecule has 0 radical (unpaired) electrons. The molecule has 0 saturated carbocycles. The van der Waals surface area contributed by atoms with Crippen LogP contribution in [0.15, 0.2) is 30.5 Å². The monoisotopic (exact) mass is 402 g/mol. The van der Waals surface area contributed by atoms with Crippen molar-refractivity contribution in [1.29, 1.82) is 0 Å². The number of methoxy groups -OCH3 is 1. The van der Waals surface area contributed by atoms with Crippen LogP contribution in [0.25, 0.3) is 0 Å². The van der Waals surface area contributed by atoms with Crippen molar-refractivity contribution in [2.24, 2.45) is 0 Å². The lowest BCUT2D eigenvalue weighted by molar-refractivity contribution is 0.0880. The van der Waals surface area contributed by atoms with E-state index in [4.69, 9.17) is 13.9 Å². The molecule has 1 aliphatic heterocycles. The van der Waals surface area contributed by atoms with Crippen molar-refractivity contribution < 1.29 is 13.9 Å². The topological polar surface area (TPSA) is 48.7 Å². The highest BCUT2D eigenvalue weighted by Gasteiger charge is 2.28. The summed E-state index contributed by atoms with van der Waals surface area (Å²) in [6.07, 6.45) is 2.63. The third-order valence-corrected chi connectivity index (χ3v) is 4.54. The summed E-state index contributed by atoms with van der Waals surface area (Å²) in [5.41, 5.74) is 3.44. The van der Waals surface area contributed by atoms with Gasteiger partial charge in [0.2, 0.25) is 0 Å². The van der Waals surface area contributed by atoms with Crippen molar-refractivity contribution in [2.75, 3.05) is 13.7 Å². The smallest absolute Gasteiger partial charge is 0.291 e. The number of ether oxygens (including phenoxy) is 2. The molecule has 114 valence electrons. The lowest BCUT2D eigenvalue weighted by Crippen LogP contribution is -2.15. The van der Waals surface area contributed by atoms with Gasteiger partial charge >= 0.3 is 0 Å². The van der Waals surface area contributed by atoms with Crippen molar-refractivity contribution in [2.45, 2.75) is 33.3 Å². The van der Waals surface area contributed by atoms with Gasteiger partial charge in [-0.1, -0.05) is 28.7 Å². The molecule has 2 rings (SSSR count). The van der Waals surface area contributed by atoms with Gasteiger partial charge in [0.1, 0.15) is 11.9 Å². The van der Waals surface area contributed by atoms with Crippen molar-refractivity contribution >= 4 is 22.6 Å². The Morgan fingerprint density at radius 2 is 2.10 bits per heavy atom. The Morgan fingerprint density at radius 3 is 2.71 bits per heavy atom. The molecule has 1 aliphatic rings. The van der Waals surface area contributed by atoms with Gasteiger partial charge in [-0.05, 0) is 36.0 Å². The number of hydrogen-bond acceptors (Lipinski definition) is 4. The van der Waals surface area contributed by atoms with E-state index in [0.29, 0.717) is 23.5 Å². The van der Waals surface area contributed by atoms with Gasteiger partial charge in [-0.3, -0.25) is 4.79 Å². The fraction of sp³-hybridized carbons (Fsp3) is 0.438. The molecule has 0 spiro atoms. The summed E-state index contributed by atoms with van der Waals surface area (Å²) in [7, 11) is 1.50. The van der Waals surface area contributed by atoms with E-state index >= 15 is 0 Å². The first-order valence-electron chi connectivity index (χ1n) is 6.74. The average Bonchev–Trinajstić information content (AvgIpc) is 2.93. The Bertz CT molecular complexity index is 655. The van der Waals surface area contributed by atoms with E-state index < -0.39 is 0 Å². The van der Waals surface area contributed by atoms with Crippen LogP contribution >= 0.6 is 22.6 Å². The largest absolute Gasteiger partial charge is 0.468 e. The third kappa shape index (κ3) is 3.40.